The van der Waals surface area contributed by atoms with Crippen molar-refractivity contribution >= 4 is 138 Å². The molecular formula is C110H94O2P4. The van der Waals surface area contributed by atoms with Crippen molar-refractivity contribution in [2.75, 3.05) is 0 Å². The van der Waals surface area contributed by atoms with Crippen LogP contribution < -0.4 is 63.7 Å². The molecular weight excluding hydrogens is 1480 g/mol. The van der Waals surface area contributed by atoms with E-state index in [4.69, 9.17) is 0 Å². The molecule has 0 atom stereocenters. The van der Waals surface area contributed by atoms with Gasteiger partial charge in [0.25, 0.3) is 0 Å². The SMILES string of the molecule is Cc1ccc2ccccc2c1-c1c(C)ccc2ccccc12.Cc1cccc(C)c1P(c1ccc2ccccc2c1-c1c(P(c2c(C)cccc2C)c2c(C)cccc2C)ccc2ccccc12)c1c(C)cccc1C.Oc1cccc(P(c2ccccc2)c2ccccc2)c1-c1c(O)cccc1P(c1ccccc1)c1ccccc1. The zero-order valence-electron chi connectivity index (χ0n) is 67.5. The Labute approximate surface area is 689 Å². The van der Waals surface area contributed by atoms with Gasteiger partial charge in [-0.05, 0) is 298 Å². The lowest BCUT2D eigenvalue weighted by molar-refractivity contribution is 0.470. The molecule has 2 N–H and O–H groups in total. The molecule has 566 valence electrons. The molecule has 0 aliphatic heterocycles. The maximum absolute atomic E-state index is 11.6. The molecule has 0 radical (unpaired) electrons. The molecule has 0 spiro atoms. The first-order valence-electron chi connectivity index (χ1n) is 39.9. The van der Waals surface area contributed by atoms with E-state index in [2.05, 4.69) is 397 Å². The number of phenols is 2. The first-order chi connectivity index (χ1) is 56.6. The summed E-state index contributed by atoms with van der Waals surface area (Å²) in [5, 5.41) is 49.0. The van der Waals surface area contributed by atoms with Crippen LogP contribution in [0.15, 0.2) is 376 Å². The number of aryl methyl sites for hydroxylation is 10. The molecule has 0 saturated carbocycles. The molecule has 116 heavy (non-hydrogen) atoms. The van der Waals surface area contributed by atoms with Gasteiger partial charge in [0.1, 0.15) is 11.5 Å². The summed E-state index contributed by atoms with van der Waals surface area (Å²) >= 11 is 0. The van der Waals surface area contributed by atoms with Crippen molar-refractivity contribution in [3.05, 3.63) is 432 Å². The highest BCUT2D eigenvalue weighted by Crippen LogP contribution is 2.51. The van der Waals surface area contributed by atoms with Gasteiger partial charge in [0.05, 0.1) is 0 Å². The highest BCUT2D eigenvalue weighted by molar-refractivity contribution is 7.82. The fourth-order valence-corrected chi connectivity index (χ4v) is 28.4. The summed E-state index contributed by atoms with van der Waals surface area (Å²) in [6.07, 6.45) is 0. The number of benzene rings is 18. The maximum Gasteiger partial charge on any atom is 0.124 e. The van der Waals surface area contributed by atoms with Crippen molar-refractivity contribution in [1.29, 1.82) is 0 Å². The van der Waals surface area contributed by atoms with Crippen LogP contribution in [-0.2, 0) is 0 Å². The number of aromatic hydroxyl groups is 2. The summed E-state index contributed by atoms with van der Waals surface area (Å²) < 4.78 is 0. The van der Waals surface area contributed by atoms with Gasteiger partial charge in [0.15, 0.2) is 0 Å². The molecule has 6 heteroatoms. The van der Waals surface area contributed by atoms with Gasteiger partial charge in [0.2, 0.25) is 0 Å². The lowest BCUT2D eigenvalue weighted by atomic mass is 9.88. The van der Waals surface area contributed by atoms with Gasteiger partial charge in [-0.2, -0.15) is 0 Å². The maximum atomic E-state index is 11.6. The van der Waals surface area contributed by atoms with Crippen LogP contribution in [0, 0.1) is 69.2 Å². The van der Waals surface area contributed by atoms with Crippen molar-refractivity contribution in [3.8, 4) is 44.9 Å². The summed E-state index contributed by atoms with van der Waals surface area (Å²) in [5.41, 5.74) is 20.4. The first kappa shape index (κ1) is 78.2. The van der Waals surface area contributed by atoms with Crippen LogP contribution in [0.4, 0.5) is 0 Å². The average molecular weight is 1570 g/mol. The van der Waals surface area contributed by atoms with Gasteiger partial charge in [-0.3, -0.25) is 0 Å². The zero-order chi connectivity index (χ0) is 80.1. The molecule has 0 fully saturated rings. The van der Waals surface area contributed by atoms with Gasteiger partial charge in [-0.25, -0.2) is 0 Å². The molecule has 0 saturated heterocycles. The number of hydrogen-bond acceptors (Lipinski definition) is 2. The number of phenolic OH excluding ortho intramolecular Hbond substituents is 2. The van der Waals surface area contributed by atoms with E-state index in [1.165, 1.54) is 174 Å². The molecule has 0 bridgehead atoms. The minimum atomic E-state index is -1.02. The molecule has 0 aliphatic rings. The van der Waals surface area contributed by atoms with Crippen LogP contribution in [0.25, 0.3) is 76.5 Å². The molecule has 18 aromatic rings. The minimum absolute atomic E-state index is 0.163. The Bertz CT molecular complexity index is 5970. The fourth-order valence-electron chi connectivity index (χ4n) is 17.3. The number of hydrogen-bond donors (Lipinski definition) is 2. The van der Waals surface area contributed by atoms with Crippen LogP contribution in [0.2, 0.25) is 0 Å². The predicted molar refractivity (Wildman–Crippen MR) is 511 cm³/mol. The van der Waals surface area contributed by atoms with E-state index < -0.39 is 31.7 Å². The van der Waals surface area contributed by atoms with E-state index in [0.717, 1.165) is 10.6 Å². The number of rotatable bonds is 15. The monoisotopic (exact) mass is 1570 g/mol. The Hall–Kier alpha value is -11.7. The summed E-state index contributed by atoms with van der Waals surface area (Å²) in [4.78, 5) is 0. The van der Waals surface area contributed by atoms with E-state index in [0.29, 0.717) is 11.1 Å². The third-order valence-corrected chi connectivity index (χ3v) is 33.8. The van der Waals surface area contributed by atoms with Crippen LogP contribution in [0.5, 0.6) is 11.5 Å². The van der Waals surface area contributed by atoms with Crippen molar-refractivity contribution in [2.45, 2.75) is 69.2 Å². The van der Waals surface area contributed by atoms with Crippen molar-refractivity contribution in [1.82, 2.24) is 0 Å². The smallest absolute Gasteiger partial charge is 0.124 e. The van der Waals surface area contributed by atoms with Crippen molar-refractivity contribution < 1.29 is 10.2 Å². The van der Waals surface area contributed by atoms with Crippen LogP contribution in [0.1, 0.15) is 55.6 Å². The van der Waals surface area contributed by atoms with Crippen LogP contribution in [-0.4, -0.2) is 10.2 Å². The lowest BCUT2D eigenvalue weighted by Crippen LogP contribution is -2.31. The predicted octanol–water partition coefficient (Wildman–Crippen LogP) is 24.2. The topological polar surface area (TPSA) is 40.5 Å². The fraction of sp³-hybridized carbons (Fsp3) is 0.0909. The van der Waals surface area contributed by atoms with E-state index >= 15 is 0 Å². The van der Waals surface area contributed by atoms with Gasteiger partial charge in [0, 0.05) is 11.1 Å². The third kappa shape index (κ3) is 15.5. The van der Waals surface area contributed by atoms with Gasteiger partial charge in [-0.15, -0.1) is 0 Å². The largest absolute Gasteiger partial charge is 0.507 e. The van der Waals surface area contributed by atoms with Crippen LogP contribution in [0.3, 0.4) is 0 Å². The number of fused-ring (bicyclic) bond motifs is 4. The standard InChI is InChI=1S/C52H48P2.C36H28O2P2.C22H18/c1-33-17-13-18-34(2)49(33)53(50-35(3)19-14-20-36(50)4)45-31-29-41-25-9-11-27-43(41)47(45)48-44-28-12-10-26-42(44)30-32-46(48)54(51-37(5)21-15-22-38(51)6)52-39(7)23-16-24-40(52)8;37-31-23-13-25-33(39(27-15-5-1-6-16-27)28-17-7-2-8-18-28)35(31)36-32(38)24-14-26-34(36)40(29-19-9-3-10-20-29)30-21-11-4-12-22-30;1-15-11-13-17-7-3-5-9-19(17)21(15)22-16(2)12-14-18-8-4-6-10-20(18)22/h9-32H,1-8H3;1-26,37-38H;3-14H,1-2H3. The van der Waals surface area contributed by atoms with Crippen LogP contribution >= 0.6 is 31.7 Å². The average Bonchev–Trinajstić information content (AvgIpc) is 0.724. The second-order valence-corrected chi connectivity index (χ2v) is 38.8. The molecule has 2 nitrogen and oxygen atoms in total. The van der Waals surface area contributed by atoms with Gasteiger partial charge in [-0.1, -0.05) is 364 Å². The summed E-state index contributed by atoms with van der Waals surface area (Å²) in [6.45, 7) is 23.0. The Morgan fingerprint density at radius 1 is 0.155 bits per heavy atom. The summed E-state index contributed by atoms with van der Waals surface area (Å²) in [6, 6.07) is 135. The van der Waals surface area contributed by atoms with Gasteiger partial charge >= 0.3 is 0 Å². The lowest BCUT2D eigenvalue weighted by Gasteiger charge is -2.32. The molecule has 18 aromatic carbocycles. The highest BCUT2D eigenvalue weighted by Gasteiger charge is 2.34. The Morgan fingerprint density at radius 2 is 0.371 bits per heavy atom. The molecule has 0 aliphatic carbocycles. The molecule has 0 heterocycles. The van der Waals surface area contributed by atoms with Gasteiger partial charge < -0.3 is 10.2 Å². The molecule has 0 amide bonds. The molecule has 0 aromatic heterocycles. The Balaban J connectivity index is 0.000000142. The van der Waals surface area contributed by atoms with E-state index in [1.54, 1.807) is 12.1 Å². The molecule has 0 unspecified atom stereocenters. The third-order valence-electron chi connectivity index (χ3n) is 22.6. The normalized spacial score (nSPS) is 11.4. The zero-order valence-corrected chi connectivity index (χ0v) is 71.1. The van der Waals surface area contributed by atoms with E-state index in [9.17, 15) is 10.2 Å². The summed E-state index contributed by atoms with van der Waals surface area (Å²) in [7, 11) is -3.97. The summed E-state index contributed by atoms with van der Waals surface area (Å²) in [5.74, 6) is 0.325. The van der Waals surface area contributed by atoms with E-state index in [-0.39, 0.29) is 11.5 Å². The highest BCUT2D eigenvalue weighted by atomic mass is 31.1. The van der Waals surface area contributed by atoms with Crippen molar-refractivity contribution in [2.24, 2.45) is 0 Å². The Kier molecular flexibility index (Phi) is 23.5. The van der Waals surface area contributed by atoms with E-state index in [1.807, 2.05) is 36.4 Å². The second kappa shape index (κ2) is 34.8. The quantitative estimate of drug-likeness (QED) is 0.100. The Morgan fingerprint density at radius 3 is 0.638 bits per heavy atom. The minimum Gasteiger partial charge on any atom is -0.507 e. The second-order valence-electron chi connectivity index (χ2n) is 30.3. The first-order valence-corrected chi connectivity index (χ1v) is 45.3. The van der Waals surface area contributed by atoms with Crippen molar-refractivity contribution in [3.63, 3.8) is 0 Å². The molecule has 18 rings (SSSR count).